The third-order valence-corrected chi connectivity index (χ3v) is 2.54. The summed E-state index contributed by atoms with van der Waals surface area (Å²) in [4.78, 5) is 4.28. The molecule has 4 nitrogen and oxygen atoms in total. The second-order valence-corrected chi connectivity index (χ2v) is 3.96. The predicted molar refractivity (Wildman–Crippen MR) is 69.4 cm³/mol. The normalized spacial score (nSPS) is 12.2. The fraction of sp³-hybridized carbons (Fsp3) is 0.615. The molecule has 1 atom stereocenters. The molecule has 17 heavy (non-hydrogen) atoms. The van der Waals surface area contributed by atoms with Crippen molar-refractivity contribution in [3.8, 4) is 5.75 Å². The number of hydrogen-bond donors (Lipinski definition) is 2. The van der Waals surface area contributed by atoms with Crippen LogP contribution < -0.4 is 10.1 Å². The van der Waals surface area contributed by atoms with Gasteiger partial charge in [0.25, 0.3) is 0 Å². The first kappa shape index (κ1) is 13.8. The molecule has 0 saturated heterocycles. The molecule has 0 aliphatic carbocycles. The van der Waals surface area contributed by atoms with Crippen molar-refractivity contribution in [2.45, 2.75) is 39.2 Å². The summed E-state index contributed by atoms with van der Waals surface area (Å²) in [6.07, 6.45) is 4.39. The minimum atomic E-state index is 0.184. The standard InChI is InChI=1S/C13H22N2O2/c1-3-10-17-12-6-5-8-14-13(12)15-11(4-2)7-9-16/h5-6,8,11,16H,3-4,7,9-10H2,1-2H3,(H,14,15). The van der Waals surface area contributed by atoms with Crippen molar-refractivity contribution in [1.82, 2.24) is 4.98 Å². The van der Waals surface area contributed by atoms with Gasteiger partial charge >= 0.3 is 0 Å². The largest absolute Gasteiger partial charge is 0.490 e. The molecule has 1 aromatic rings. The number of aromatic nitrogens is 1. The van der Waals surface area contributed by atoms with Gasteiger partial charge in [-0.3, -0.25) is 0 Å². The number of ether oxygens (including phenoxy) is 1. The summed E-state index contributed by atoms with van der Waals surface area (Å²) < 4.78 is 5.62. The first-order chi connectivity index (χ1) is 8.31. The summed E-state index contributed by atoms with van der Waals surface area (Å²) in [5.74, 6) is 1.55. The topological polar surface area (TPSA) is 54.4 Å². The van der Waals surface area contributed by atoms with Crippen LogP contribution in [-0.4, -0.2) is 29.3 Å². The lowest BCUT2D eigenvalue weighted by Gasteiger charge is -2.18. The van der Waals surface area contributed by atoms with Gasteiger partial charge in [-0.2, -0.15) is 0 Å². The Bertz CT molecular complexity index is 318. The number of hydrogen-bond acceptors (Lipinski definition) is 4. The summed E-state index contributed by atoms with van der Waals surface area (Å²) in [6.45, 7) is 5.04. The molecule has 1 aromatic heterocycles. The van der Waals surface area contributed by atoms with E-state index in [1.807, 2.05) is 12.1 Å². The van der Waals surface area contributed by atoms with Gasteiger partial charge < -0.3 is 15.2 Å². The Morgan fingerprint density at radius 1 is 1.47 bits per heavy atom. The highest BCUT2D eigenvalue weighted by Gasteiger charge is 2.10. The molecule has 1 heterocycles. The molecule has 0 fully saturated rings. The maximum Gasteiger partial charge on any atom is 0.168 e. The van der Waals surface area contributed by atoms with Gasteiger partial charge in [0.2, 0.25) is 0 Å². The number of aliphatic hydroxyl groups is 1. The van der Waals surface area contributed by atoms with Crippen LogP contribution in [0.3, 0.4) is 0 Å². The molecule has 0 spiro atoms. The van der Waals surface area contributed by atoms with Gasteiger partial charge in [0.05, 0.1) is 6.61 Å². The number of nitrogens with one attached hydrogen (secondary N) is 1. The zero-order valence-corrected chi connectivity index (χ0v) is 10.6. The highest BCUT2D eigenvalue weighted by molar-refractivity contribution is 5.50. The van der Waals surface area contributed by atoms with Crippen molar-refractivity contribution < 1.29 is 9.84 Å². The van der Waals surface area contributed by atoms with Crippen molar-refractivity contribution in [3.05, 3.63) is 18.3 Å². The van der Waals surface area contributed by atoms with E-state index in [1.54, 1.807) is 6.20 Å². The Morgan fingerprint density at radius 3 is 2.94 bits per heavy atom. The van der Waals surface area contributed by atoms with Gasteiger partial charge in [0.1, 0.15) is 0 Å². The van der Waals surface area contributed by atoms with E-state index in [0.717, 1.165) is 30.8 Å². The SMILES string of the molecule is CCCOc1cccnc1NC(CC)CCO. The first-order valence-electron chi connectivity index (χ1n) is 6.27. The number of nitrogens with zero attached hydrogens (tertiary/aromatic N) is 1. The van der Waals surface area contributed by atoms with Crippen molar-refractivity contribution in [1.29, 1.82) is 0 Å². The predicted octanol–water partition coefficient (Wildman–Crippen LogP) is 2.44. The average molecular weight is 238 g/mol. The Balaban J connectivity index is 2.67. The molecular formula is C13H22N2O2. The highest BCUT2D eigenvalue weighted by atomic mass is 16.5. The van der Waals surface area contributed by atoms with Crippen molar-refractivity contribution in [3.63, 3.8) is 0 Å². The molecule has 4 heteroatoms. The first-order valence-corrected chi connectivity index (χ1v) is 6.27. The second-order valence-electron chi connectivity index (χ2n) is 3.96. The lowest BCUT2D eigenvalue weighted by atomic mass is 10.1. The average Bonchev–Trinajstić information content (AvgIpc) is 2.37. The van der Waals surface area contributed by atoms with Crippen LogP contribution >= 0.6 is 0 Å². The van der Waals surface area contributed by atoms with Crippen LogP contribution in [0.25, 0.3) is 0 Å². The molecule has 0 aliphatic rings. The molecule has 0 radical (unpaired) electrons. The van der Waals surface area contributed by atoms with E-state index < -0.39 is 0 Å². The quantitative estimate of drug-likeness (QED) is 0.730. The Labute approximate surface area is 103 Å². The summed E-state index contributed by atoms with van der Waals surface area (Å²) in [7, 11) is 0. The molecule has 96 valence electrons. The molecular weight excluding hydrogens is 216 g/mol. The van der Waals surface area contributed by atoms with Crippen LogP contribution in [0.5, 0.6) is 5.75 Å². The highest BCUT2D eigenvalue weighted by Crippen LogP contribution is 2.22. The van der Waals surface area contributed by atoms with E-state index in [0.29, 0.717) is 6.61 Å². The minimum Gasteiger partial charge on any atom is -0.490 e. The molecule has 1 rings (SSSR count). The molecule has 1 unspecified atom stereocenters. The van der Waals surface area contributed by atoms with Gasteiger partial charge in [0, 0.05) is 18.8 Å². The molecule has 0 amide bonds. The van der Waals surface area contributed by atoms with E-state index in [1.165, 1.54) is 0 Å². The van der Waals surface area contributed by atoms with E-state index >= 15 is 0 Å². The summed E-state index contributed by atoms with van der Waals surface area (Å²) in [5, 5.41) is 12.3. The third kappa shape index (κ3) is 4.61. The zero-order valence-electron chi connectivity index (χ0n) is 10.6. The zero-order chi connectivity index (χ0) is 12.5. The molecule has 2 N–H and O–H groups in total. The van der Waals surface area contributed by atoms with Crippen LogP contribution in [0, 0.1) is 0 Å². The van der Waals surface area contributed by atoms with Crippen LogP contribution in [-0.2, 0) is 0 Å². The van der Waals surface area contributed by atoms with Gasteiger partial charge in [-0.1, -0.05) is 13.8 Å². The fourth-order valence-electron chi connectivity index (χ4n) is 1.55. The van der Waals surface area contributed by atoms with Crippen molar-refractivity contribution in [2.75, 3.05) is 18.5 Å². The van der Waals surface area contributed by atoms with E-state index in [9.17, 15) is 0 Å². The maximum absolute atomic E-state index is 8.96. The van der Waals surface area contributed by atoms with Gasteiger partial charge in [-0.15, -0.1) is 0 Å². The van der Waals surface area contributed by atoms with E-state index in [4.69, 9.17) is 9.84 Å². The van der Waals surface area contributed by atoms with E-state index in [-0.39, 0.29) is 12.6 Å². The third-order valence-electron chi connectivity index (χ3n) is 2.54. The maximum atomic E-state index is 8.96. The monoisotopic (exact) mass is 238 g/mol. The van der Waals surface area contributed by atoms with Crippen LogP contribution in [0.1, 0.15) is 33.1 Å². The molecule has 0 aromatic carbocycles. The van der Waals surface area contributed by atoms with Gasteiger partial charge in [-0.25, -0.2) is 4.98 Å². The fourth-order valence-corrected chi connectivity index (χ4v) is 1.55. The van der Waals surface area contributed by atoms with Crippen molar-refractivity contribution in [2.24, 2.45) is 0 Å². The number of aliphatic hydroxyl groups excluding tert-OH is 1. The minimum absolute atomic E-state index is 0.184. The second kappa shape index (κ2) is 7.90. The van der Waals surface area contributed by atoms with Crippen LogP contribution in [0.15, 0.2) is 18.3 Å². The summed E-state index contributed by atoms with van der Waals surface area (Å²) in [5.41, 5.74) is 0. The molecule has 0 aliphatic heterocycles. The van der Waals surface area contributed by atoms with E-state index in [2.05, 4.69) is 24.1 Å². The number of pyridine rings is 1. The number of rotatable bonds is 8. The smallest absolute Gasteiger partial charge is 0.168 e. The summed E-state index contributed by atoms with van der Waals surface area (Å²) in [6, 6.07) is 4.01. The summed E-state index contributed by atoms with van der Waals surface area (Å²) >= 11 is 0. The molecule has 0 saturated carbocycles. The molecule has 0 bridgehead atoms. The Hall–Kier alpha value is -1.29. The van der Waals surface area contributed by atoms with Gasteiger partial charge in [0.15, 0.2) is 11.6 Å². The lowest BCUT2D eigenvalue weighted by Crippen LogP contribution is -2.21. The Morgan fingerprint density at radius 2 is 2.29 bits per heavy atom. The van der Waals surface area contributed by atoms with Crippen molar-refractivity contribution >= 4 is 5.82 Å². The van der Waals surface area contributed by atoms with Crippen LogP contribution in [0.2, 0.25) is 0 Å². The van der Waals surface area contributed by atoms with Crippen LogP contribution in [0.4, 0.5) is 5.82 Å². The Kier molecular flexibility index (Phi) is 6.40. The lowest BCUT2D eigenvalue weighted by molar-refractivity contribution is 0.277. The van der Waals surface area contributed by atoms with Gasteiger partial charge in [-0.05, 0) is 31.4 Å². The number of anilines is 1.